The Bertz CT molecular complexity index is 706. The minimum atomic E-state index is -0.0263. The Labute approximate surface area is 180 Å². The summed E-state index contributed by atoms with van der Waals surface area (Å²) in [6.45, 7) is 1.13. The van der Waals surface area contributed by atoms with Crippen LogP contribution in [0.4, 0.5) is 11.4 Å². The van der Waals surface area contributed by atoms with Crippen LogP contribution in [0.15, 0.2) is 54.6 Å². The van der Waals surface area contributed by atoms with E-state index in [1.54, 1.807) is 0 Å². The van der Waals surface area contributed by atoms with Crippen molar-refractivity contribution in [3.63, 3.8) is 0 Å². The Morgan fingerprint density at radius 2 is 1.61 bits per heavy atom. The van der Waals surface area contributed by atoms with Crippen molar-refractivity contribution < 1.29 is 4.79 Å². The number of nitrogens with one attached hydrogen (secondary N) is 2. The monoisotopic (exact) mass is 423 g/mol. The summed E-state index contributed by atoms with van der Waals surface area (Å²) in [5.74, 6) is -0.0263. The number of anilines is 2. The Balaban J connectivity index is 0.00000196. The van der Waals surface area contributed by atoms with Crippen molar-refractivity contribution in [2.24, 2.45) is 0 Å². The molecule has 6 heteroatoms. The van der Waals surface area contributed by atoms with Gasteiger partial charge in [0.1, 0.15) is 0 Å². The van der Waals surface area contributed by atoms with Gasteiger partial charge < -0.3 is 10.6 Å². The number of benzene rings is 2. The van der Waals surface area contributed by atoms with Crippen LogP contribution in [-0.4, -0.2) is 30.4 Å². The van der Waals surface area contributed by atoms with Gasteiger partial charge in [-0.2, -0.15) is 0 Å². The maximum Gasteiger partial charge on any atom is 0.243 e. The maximum atomic E-state index is 12.3. The Kier molecular flexibility index (Phi) is 11.0. The van der Waals surface area contributed by atoms with E-state index in [0.29, 0.717) is 6.04 Å². The summed E-state index contributed by atoms with van der Waals surface area (Å²) in [5.41, 5.74) is 3.04. The predicted octanol–water partition coefficient (Wildman–Crippen LogP) is 5.35. The van der Waals surface area contributed by atoms with Gasteiger partial charge in [-0.1, -0.05) is 55.7 Å². The summed E-state index contributed by atoms with van der Waals surface area (Å²) in [4.78, 5) is 14.8. The zero-order chi connectivity index (χ0) is 18.2. The average molecular weight is 424 g/mol. The van der Waals surface area contributed by atoms with E-state index in [4.69, 9.17) is 0 Å². The van der Waals surface area contributed by atoms with E-state index in [9.17, 15) is 4.79 Å². The molecular weight excluding hydrogens is 393 g/mol. The standard InChI is InChI=1S/C22H29N3O.2ClH/c1-25(20-13-6-3-7-14-20)17-18-10-8-9-15-21(18)24-22(26)16-23-19-11-4-2-5-12-19;;/h2,4-5,8-12,15,20,23H,3,6-7,13-14,16-17H2,1H3,(H,24,26);2*1H. The van der Waals surface area contributed by atoms with Gasteiger partial charge in [0.15, 0.2) is 0 Å². The van der Waals surface area contributed by atoms with Gasteiger partial charge in [0, 0.05) is 24.0 Å². The zero-order valence-corrected chi connectivity index (χ0v) is 18.0. The van der Waals surface area contributed by atoms with Gasteiger partial charge >= 0.3 is 0 Å². The minimum Gasteiger partial charge on any atom is -0.376 e. The number of carbonyl (C=O) groups is 1. The number of halogens is 2. The molecule has 1 fully saturated rings. The third-order valence-corrected chi connectivity index (χ3v) is 5.14. The van der Waals surface area contributed by atoms with Crippen molar-refractivity contribution in [1.29, 1.82) is 0 Å². The van der Waals surface area contributed by atoms with E-state index in [0.717, 1.165) is 17.9 Å². The van der Waals surface area contributed by atoms with Crippen LogP contribution in [0.2, 0.25) is 0 Å². The quantitative estimate of drug-likeness (QED) is 0.630. The molecule has 0 heterocycles. The SMILES string of the molecule is CN(Cc1ccccc1NC(=O)CNc1ccccc1)C1CCCCC1.Cl.Cl. The highest BCUT2D eigenvalue weighted by atomic mass is 35.5. The molecule has 154 valence electrons. The normalized spacial score (nSPS) is 13.9. The molecule has 2 aromatic rings. The number of carbonyl (C=O) groups excluding carboxylic acids is 1. The van der Waals surface area contributed by atoms with E-state index in [1.165, 1.54) is 37.7 Å². The Morgan fingerprint density at radius 3 is 2.32 bits per heavy atom. The van der Waals surface area contributed by atoms with E-state index >= 15 is 0 Å². The van der Waals surface area contributed by atoms with Gasteiger partial charge in [0.05, 0.1) is 6.54 Å². The molecular formula is C22H31Cl2N3O. The van der Waals surface area contributed by atoms with Crippen molar-refractivity contribution in [2.75, 3.05) is 24.2 Å². The lowest BCUT2D eigenvalue weighted by Gasteiger charge is -2.31. The summed E-state index contributed by atoms with van der Waals surface area (Å²) >= 11 is 0. The topological polar surface area (TPSA) is 44.4 Å². The van der Waals surface area contributed by atoms with Crippen molar-refractivity contribution in [1.82, 2.24) is 4.90 Å². The first-order valence-electron chi connectivity index (χ1n) is 9.59. The van der Waals surface area contributed by atoms with Gasteiger partial charge in [-0.25, -0.2) is 0 Å². The van der Waals surface area contributed by atoms with Crippen molar-refractivity contribution in [3.05, 3.63) is 60.2 Å². The fourth-order valence-corrected chi connectivity index (χ4v) is 3.63. The van der Waals surface area contributed by atoms with Crippen molar-refractivity contribution in [2.45, 2.75) is 44.7 Å². The van der Waals surface area contributed by atoms with E-state index in [-0.39, 0.29) is 37.3 Å². The lowest BCUT2D eigenvalue weighted by Crippen LogP contribution is -2.33. The van der Waals surface area contributed by atoms with E-state index < -0.39 is 0 Å². The summed E-state index contributed by atoms with van der Waals surface area (Å²) in [6.07, 6.45) is 6.60. The molecule has 2 aromatic carbocycles. The second-order valence-electron chi connectivity index (χ2n) is 7.13. The van der Waals surface area contributed by atoms with E-state index in [2.05, 4.69) is 28.6 Å². The molecule has 0 saturated heterocycles. The highest BCUT2D eigenvalue weighted by molar-refractivity contribution is 5.94. The Morgan fingerprint density at radius 1 is 0.964 bits per heavy atom. The number of amides is 1. The first-order chi connectivity index (χ1) is 12.7. The molecule has 0 atom stereocenters. The van der Waals surface area contributed by atoms with Crippen LogP contribution in [0.25, 0.3) is 0 Å². The van der Waals surface area contributed by atoms with Gasteiger partial charge in [-0.3, -0.25) is 9.69 Å². The van der Waals surface area contributed by atoms with Gasteiger partial charge in [-0.15, -0.1) is 24.8 Å². The summed E-state index contributed by atoms with van der Waals surface area (Å²) in [6, 6.07) is 18.6. The molecule has 0 bridgehead atoms. The summed E-state index contributed by atoms with van der Waals surface area (Å²) in [5, 5.41) is 6.22. The van der Waals surface area contributed by atoms with Crippen LogP contribution < -0.4 is 10.6 Å². The average Bonchev–Trinajstić information content (AvgIpc) is 2.69. The predicted molar refractivity (Wildman–Crippen MR) is 123 cm³/mol. The Hall–Kier alpha value is -1.75. The van der Waals surface area contributed by atoms with Crippen LogP contribution in [-0.2, 0) is 11.3 Å². The second kappa shape index (κ2) is 12.7. The van der Waals surface area contributed by atoms with E-state index in [1.807, 2.05) is 48.5 Å². The fraction of sp³-hybridized carbons (Fsp3) is 0.409. The summed E-state index contributed by atoms with van der Waals surface area (Å²) in [7, 11) is 2.20. The first-order valence-corrected chi connectivity index (χ1v) is 9.59. The largest absolute Gasteiger partial charge is 0.376 e. The number of para-hydroxylation sites is 2. The van der Waals surface area contributed by atoms with Crippen LogP contribution in [0.3, 0.4) is 0 Å². The van der Waals surface area contributed by atoms with Gasteiger partial charge in [0.25, 0.3) is 0 Å². The molecule has 1 saturated carbocycles. The molecule has 28 heavy (non-hydrogen) atoms. The van der Waals surface area contributed by atoms with Gasteiger partial charge in [-0.05, 0) is 43.7 Å². The van der Waals surface area contributed by atoms with Crippen LogP contribution in [0.5, 0.6) is 0 Å². The highest BCUT2D eigenvalue weighted by Gasteiger charge is 2.19. The molecule has 1 aliphatic carbocycles. The molecule has 1 amide bonds. The number of nitrogens with zero attached hydrogens (tertiary/aromatic N) is 1. The van der Waals surface area contributed by atoms with Crippen molar-refractivity contribution in [3.8, 4) is 0 Å². The third kappa shape index (κ3) is 7.34. The van der Waals surface area contributed by atoms with Crippen LogP contribution in [0.1, 0.15) is 37.7 Å². The van der Waals surface area contributed by atoms with Crippen LogP contribution in [0, 0.1) is 0 Å². The third-order valence-electron chi connectivity index (χ3n) is 5.14. The number of rotatable bonds is 7. The lowest BCUT2D eigenvalue weighted by molar-refractivity contribution is -0.114. The molecule has 0 aromatic heterocycles. The molecule has 0 unspecified atom stereocenters. The number of hydrogen-bond donors (Lipinski definition) is 2. The highest BCUT2D eigenvalue weighted by Crippen LogP contribution is 2.24. The molecule has 4 nitrogen and oxygen atoms in total. The van der Waals surface area contributed by atoms with Crippen molar-refractivity contribution >= 4 is 42.1 Å². The molecule has 1 aliphatic rings. The zero-order valence-electron chi connectivity index (χ0n) is 16.4. The molecule has 3 rings (SSSR count). The lowest BCUT2D eigenvalue weighted by atomic mass is 9.94. The molecule has 2 N–H and O–H groups in total. The van der Waals surface area contributed by atoms with Gasteiger partial charge in [0.2, 0.25) is 5.91 Å². The minimum absolute atomic E-state index is 0. The molecule has 0 spiro atoms. The van der Waals surface area contributed by atoms with Crippen LogP contribution >= 0.6 is 24.8 Å². The fourth-order valence-electron chi connectivity index (χ4n) is 3.63. The second-order valence-corrected chi connectivity index (χ2v) is 7.13. The maximum absolute atomic E-state index is 12.3. The summed E-state index contributed by atoms with van der Waals surface area (Å²) < 4.78 is 0. The smallest absolute Gasteiger partial charge is 0.243 e. The number of hydrogen-bond acceptors (Lipinski definition) is 3. The molecule has 0 radical (unpaired) electrons. The molecule has 0 aliphatic heterocycles. The first kappa shape index (κ1) is 24.3.